The molecule has 2 N–H and O–H groups in total. The molecule has 0 spiro atoms. The van der Waals surface area contributed by atoms with E-state index in [1.165, 1.54) is 11.3 Å². The van der Waals surface area contributed by atoms with Crippen molar-refractivity contribution < 1.29 is 8.42 Å². The molecule has 0 aliphatic carbocycles. The third-order valence-electron chi connectivity index (χ3n) is 2.79. The molecule has 0 aliphatic rings. The van der Waals surface area contributed by atoms with Crippen molar-refractivity contribution in [1.82, 2.24) is 10.0 Å². The summed E-state index contributed by atoms with van der Waals surface area (Å²) in [6, 6.07) is 4.05. The standard InChI is InChI=1S/C13H24N2O2S3/c1-10(2)14-8-7-12-5-6-13(19-12)20(16,17)15-9-11(3)18-4/h5-6,10-11,14-15H,7-9H2,1-4H3. The Morgan fingerprint density at radius 3 is 2.60 bits per heavy atom. The second kappa shape index (κ2) is 8.38. The van der Waals surface area contributed by atoms with Crippen molar-refractivity contribution in [2.75, 3.05) is 19.3 Å². The monoisotopic (exact) mass is 336 g/mol. The largest absolute Gasteiger partial charge is 0.314 e. The highest BCUT2D eigenvalue weighted by Crippen LogP contribution is 2.22. The topological polar surface area (TPSA) is 58.2 Å². The van der Waals surface area contributed by atoms with Gasteiger partial charge in [0.25, 0.3) is 0 Å². The van der Waals surface area contributed by atoms with Crippen LogP contribution in [0, 0.1) is 0 Å². The minimum Gasteiger partial charge on any atom is -0.314 e. The Hall–Kier alpha value is -0.0800. The van der Waals surface area contributed by atoms with Gasteiger partial charge in [-0.25, -0.2) is 13.1 Å². The summed E-state index contributed by atoms with van der Waals surface area (Å²) in [5.74, 6) is 0. The summed E-state index contributed by atoms with van der Waals surface area (Å²) in [5, 5.41) is 3.61. The minimum atomic E-state index is -3.35. The maximum Gasteiger partial charge on any atom is 0.250 e. The molecule has 1 atom stereocenters. The van der Waals surface area contributed by atoms with E-state index in [2.05, 4.69) is 23.9 Å². The van der Waals surface area contributed by atoms with E-state index in [1.807, 2.05) is 19.2 Å². The maximum absolute atomic E-state index is 12.1. The Labute approximate surface area is 130 Å². The van der Waals surface area contributed by atoms with Gasteiger partial charge in [-0.15, -0.1) is 11.3 Å². The van der Waals surface area contributed by atoms with Crippen molar-refractivity contribution in [2.24, 2.45) is 0 Å². The van der Waals surface area contributed by atoms with Crippen LogP contribution >= 0.6 is 23.1 Å². The highest BCUT2D eigenvalue weighted by atomic mass is 32.2. The summed E-state index contributed by atoms with van der Waals surface area (Å²) in [6.45, 7) is 7.53. The van der Waals surface area contributed by atoms with Crippen LogP contribution in [0.5, 0.6) is 0 Å². The zero-order valence-corrected chi connectivity index (χ0v) is 14.9. The van der Waals surface area contributed by atoms with Crippen LogP contribution in [0.2, 0.25) is 0 Å². The highest BCUT2D eigenvalue weighted by molar-refractivity contribution is 7.99. The average molecular weight is 337 g/mol. The van der Waals surface area contributed by atoms with Crippen LogP contribution in [-0.4, -0.2) is 39.1 Å². The molecule has 20 heavy (non-hydrogen) atoms. The minimum absolute atomic E-state index is 0.277. The molecular formula is C13H24N2O2S3. The van der Waals surface area contributed by atoms with Gasteiger partial charge in [0.2, 0.25) is 10.0 Å². The van der Waals surface area contributed by atoms with Gasteiger partial charge in [0.05, 0.1) is 0 Å². The fraction of sp³-hybridized carbons (Fsp3) is 0.692. The number of rotatable bonds is 9. The Bertz CT molecular complexity index is 497. The number of thioether (sulfide) groups is 1. The molecule has 0 amide bonds. The first-order valence-corrected chi connectivity index (χ1v) is 10.3. The average Bonchev–Trinajstić information content (AvgIpc) is 2.85. The third-order valence-corrected chi connectivity index (χ3v) is 6.82. The van der Waals surface area contributed by atoms with E-state index in [0.29, 0.717) is 16.8 Å². The number of hydrogen-bond acceptors (Lipinski definition) is 5. The van der Waals surface area contributed by atoms with Gasteiger partial charge in [-0.3, -0.25) is 0 Å². The summed E-state index contributed by atoms with van der Waals surface area (Å²) in [4.78, 5) is 1.09. The van der Waals surface area contributed by atoms with Crippen LogP contribution in [0.25, 0.3) is 0 Å². The van der Waals surface area contributed by atoms with E-state index in [1.54, 1.807) is 17.8 Å². The number of thiophene rings is 1. The van der Waals surface area contributed by atoms with E-state index in [9.17, 15) is 8.42 Å². The molecule has 0 bridgehead atoms. The highest BCUT2D eigenvalue weighted by Gasteiger charge is 2.17. The smallest absolute Gasteiger partial charge is 0.250 e. The Kier molecular flexibility index (Phi) is 7.53. The fourth-order valence-electron chi connectivity index (χ4n) is 1.50. The summed E-state index contributed by atoms with van der Waals surface area (Å²) >= 11 is 3.00. The van der Waals surface area contributed by atoms with E-state index < -0.39 is 10.0 Å². The molecule has 7 heteroatoms. The first kappa shape index (κ1) is 18.0. The van der Waals surface area contributed by atoms with Crippen molar-refractivity contribution in [3.05, 3.63) is 17.0 Å². The van der Waals surface area contributed by atoms with E-state index in [-0.39, 0.29) is 5.25 Å². The summed E-state index contributed by atoms with van der Waals surface area (Å²) in [7, 11) is -3.35. The molecule has 0 fully saturated rings. The Morgan fingerprint density at radius 1 is 1.30 bits per heavy atom. The lowest BCUT2D eigenvalue weighted by Crippen LogP contribution is -2.28. The molecule has 1 aromatic heterocycles. The van der Waals surface area contributed by atoms with E-state index >= 15 is 0 Å². The molecule has 0 aromatic carbocycles. The van der Waals surface area contributed by atoms with Gasteiger partial charge in [-0.05, 0) is 24.8 Å². The second-order valence-corrected chi connectivity index (χ2v) is 9.42. The summed E-state index contributed by atoms with van der Waals surface area (Å²) < 4.78 is 27.3. The first-order chi connectivity index (χ1) is 9.35. The van der Waals surface area contributed by atoms with Crippen LogP contribution < -0.4 is 10.0 Å². The van der Waals surface area contributed by atoms with Crippen molar-refractivity contribution in [1.29, 1.82) is 0 Å². The molecule has 1 rings (SSSR count). The number of sulfonamides is 1. The molecular weight excluding hydrogens is 312 g/mol. The molecule has 1 unspecified atom stereocenters. The Balaban J connectivity index is 2.56. The quantitative estimate of drug-likeness (QED) is 0.726. The number of nitrogens with one attached hydrogen (secondary N) is 2. The Morgan fingerprint density at radius 2 is 2.00 bits per heavy atom. The molecule has 4 nitrogen and oxygen atoms in total. The van der Waals surface area contributed by atoms with Gasteiger partial charge in [0, 0.05) is 29.3 Å². The molecule has 0 radical (unpaired) electrons. The predicted octanol–water partition coefficient (Wildman–Crippen LogP) is 2.32. The van der Waals surface area contributed by atoms with Crippen LogP contribution in [0.3, 0.4) is 0 Å². The normalized spacial score (nSPS) is 13.8. The maximum atomic E-state index is 12.1. The van der Waals surface area contributed by atoms with E-state index in [0.717, 1.165) is 17.8 Å². The van der Waals surface area contributed by atoms with Gasteiger partial charge < -0.3 is 5.32 Å². The molecule has 0 saturated carbocycles. The zero-order valence-electron chi connectivity index (χ0n) is 12.5. The van der Waals surface area contributed by atoms with E-state index in [4.69, 9.17) is 0 Å². The lowest BCUT2D eigenvalue weighted by atomic mass is 10.3. The predicted molar refractivity (Wildman–Crippen MR) is 89.3 cm³/mol. The molecule has 0 aliphatic heterocycles. The van der Waals surface area contributed by atoms with Gasteiger partial charge in [-0.1, -0.05) is 20.8 Å². The van der Waals surface area contributed by atoms with Gasteiger partial charge in [0.15, 0.2) is 0 Å². The van der Waals surface area contributed by atoms with Crippen LogP contribution in [0.1, 0.15) is 25.6 Å². The summed E-state index contributed by atoms with van der Waals surface area (Å²) in [5.41, 5.74) is 0. The summed E-state index contributed by atoms with van der Waals surface area (Å²) in [6.07, 6.45) is 2.84. The first-order valence-electron chi connectivity index (χ1n) is 6.69. The molecule has 1 heterocycles. The van der Waals surface area contributed by atoms with Crippen molar-refractivity contribution in [2.45, 2.75) is 42.7 Å². The second-order valence-electron chi connectivity index (χ2n) is 4.98. The third kappa shape index (κ3) is 6.13. The van der Waals surface area contributed by atoms with Crippen molar-refractivity contribution >= 4 is 33.1 Å². The zero-order chi connectivity index (χ0) is 15.2. The van der Waals surface area contributed by atoms with Crippen LogP contribution in [-0.2, 0) is 16.4 Å². The van der Waals surface area contributed by atoms with Gasteiger partial charge >= 0.3 is 0 Å². The molecule has 1 aromatic rings. The molecule has 116 valence electrons. The lowest BCUT2D eigenvalue weighted by molar-refractivity contribution is 0.583. The molecule has 0 saturated heterocycles. The van der Waals surface area contributed by atoms with Gasteiger partial charge in [0.1, 0.15) is 4.21 Å². The SMILES string of the molecule is CSC(C)CNS(=O)(=O)c1ccc(CCNC(C)C)s1. The van der Waals surface area contributed by atoms with Crippen molar-refractivity contribution in [3.63, 3.8) is 0 Å². The van der Waals surface area contributed by atoms with Gasteiger partial charge in [-0.2, -0.15) is 11.8 Å². The van der Waals surface area contributed by atoms with Crippen molar-refractivity contribution in [3.8, 4) is 0 Å². The fourth-order valence-corrected chi connectivity index (χ4v) is 4.39. The number of hydrogen-bond donors (Lipinski definition) is 2. The lowest BCUT2D eigenvalue weighted by Gasteiger charge is -2.09. The van der Waals surface area contributed by atoms with Crippen LogP contribution in [0.15, 0.2) is 16.3 Å². The van der Waals surface area contributed by atoms with Crippen LogP contribution in [0.4, 0.5) is 0 Å².